The van der Waals surface area contributed by atoms with Crippen molar-refractivity contribution in [1.82, 2.24) is 0 Å². The summed E-state index contributed by atoms with van der Waals surface area (Å²) in [7, 11) is -10.2. The van der Waals surface area contributed by atoms with Gasteiger partial charge in [-0.1, -0.05) is 0 Å². The predicted molar refractivity (Wildman–Crippen MR) is 74.6 cm³/mol. The van der Waals surface area contributed by atoms with Crippen molar-refractivity contribution in [2.45, 2.75) is 56.0 Å². The van der Waals surface area contributed by atoms with Crippen molar-refractivity contribution in [3.05, 3.63) is 0 Å². The Bertz CT molecular complexity index is 602. The molecule has 0 saturated heterocycles. The second-order valence-corrected chi connectivity index (χ2v) is 10.3. The average Bonchev–Trinajstić information content (AvgIpc) is 2.34. The first-order valence-corrected chi connectivity index (χ1v) is 9.44. The monoisotopic (exact) mass is 424 g/mol. The summed E-state index contributed by atoms with van der Waals surface area (Å²) in [5.74, 6) is 0. The van der Waals surface area contributed by atoms with E-state index in [1.165, 1.54) is 0 Å². The van der Waals surface area contributed by atoms with Crippen molar-refractivity contribution in [2.24, 2.45) is 0 Å². The zero-order valence-electron chi connectivity index (χ0n) is 13.7. The molecule has 6 nitrogen and oxygen atoms in total. The number of halogens is 6. The molecule has 0 heterocycles. The Morgan fingerprint density at radius 3 is 1.08 bits per heavy atom. The molecular weight excluding hydrogens is 406 g/mol. The largest absolute Gasteiger partial charge is 0.409 e. The van der Waals surface area contributed by atoms with Gasteiger partial charge in [-0.2, -0.15) is 43.2 Å². The van der Waals surface area contributed by atoms with Gasteiger partial charge in [0.15, 0.2) is 9.49 Å². The lowest BCUT2D eigenvalue weighted by molar-refractivity contribution is -0.155. The van der Waals surface area contributed by atoms with Crippen LogP contribution in [0.25, 0.3) is 0 Å². The van der Waals surface area contributed by atoms with Crippen LogP contribution in [0.2, 0.25) is 0 Å². The second-order valence-electron chi connectivity index (χ2n) is 5.92. The standard InChI is InChI=1S/C11H18F6O6S2/c1-8(2,10(12,13)14)24(18,19)22-6-5-7-23-25(20,21)9(3,4)11(15,16)17/h5-7H2,1-4H3. The maximum Gasteiger partial charge on any atom is 0.409 e. The van der Waals surface area contributed by atoms with Gasteiger partial charge < -0.3 is 0 Å². The highest BCUT2D eigenvalue weighted by Gasteiger charge is 2.58. The van der Waals surface area contributed by atoms with E-state index in [0.717, 1.165) is 0 Å². The van der Waals surface area contributed by atoms with E-state index < -0.39 is 61.7 Å². The molecule has 14 heteroatoms. The van der Waals surface area contributed by atoms with Crippen molar-refractivity contribution in [3.63, 3.8) is 0 Å². The highest BCUT2D eigenvalue weighted by molar-refractivity contribution is 7.88. The van der Waals surface area contributed by atoms with Crippen LogP contribution in [0, 0.1) is 0 Å². The first-order valence-electron chi connectivity index (χ1n) is 6.62. The molecule has 0 rings (SSSR count). The molecule has 0 aliphatic rings. The van der Waals surface area contributed by atoms with Gasteiger partial charge in [0.25, 0.3) is 20.2 Å². The molecular formula is C11H18F6O6S2. The molecule has 0 aliphatic carbocycles. The molecule has 0 fully saturated rings. The fourth-order valence-electron chi connectivity index (χ4n) is 0.974. The lowest BCUT2D eigenvalue weighted by Gasteiger charge is -2.27. The molecule has 0 aromatic heterocycles. The van der Waals surface area contributed by atoms with Gasteiger partial charge in [0.05, 0.1) is 13.2 Å². The molecule has 0 spiro atoms. The summed E-state index contributed by atoms with van der Waals surface area (Å²) in [6, 6.07) is 0. The smallest absolute Gasteiger partial charge is 0.269 e. The Hall–Kier alpha value is -0.600. The van der Waals surface area contributed by atoms with Crippen molar-refractivity contribution < 1.29 is 51.5 Å². The third kappa shape index (κ3) is 5.20. The van der Waals surface area contributed by atoms with Crippen molar-refractivity contribution in [1.29, 1.82) is 0 Å². The van der Waals surface area contributed by atoms with Gasteiger partial charge in [-0.05, 0) is 34.1 Å². The Balaban J connectivity index is 4.73. The molecule has 0 aliphatic heterocycles. The SMILES string of the molecule is CC(C)(C(F)(F)F)S(=O)(=O)OCCCOS(=O)(=O)C(C)(C)C(F)(F)F. The van der Waals surface area contributed by atoms with Crippen LogP contribution in [0.4, 0.5) is 26.3 Å². The van der Waals surface area contributed by atoms with Crippen LogP contribution in [0.15, 0.2) is 0 Å². The zero-order valence-corrected chi connectivity index (χ0v) is 15.3. The Morgan fingerprint density at radius 2 is 0.880 bits per heavy atom. The van der Waals surface area contributed by atoms with E-state index in [-0.39, 0.29) is 0 Å². The average molecular weight is 424 g/mol. The highest BCUT2D eigenvalue weighted by Crippen LogP contribution is 2.38. The van der Waals surface area contributed by atoms with Gasteiger partial charge in [0.2, 0.25) is 0 Å². The minimum absolute atomic E-state index is 0.370. The lowest BCUT2D eigenvalue weighted by atomic mass is 10.2. The van der Waals surface area contributed by atoms with Crippen molar-refractivity contribution >= 4 is 20.2 Å². The van der Waals surface area contributed by atoms with Crippen molar-refractivity contribution in [2.75, 3.05) is 13.2 Å². The highest BCUT2D eigenvalue weighted by atomic mass is 32.2. The Labute approximate surface area is 141 Å². The molecule has 0 atom stereocenters. The van der Waals surface area contributed by atoms with Crippen LogP contribution in [-0.2, 0) is 28.6 Å². The quantitative estimate of drug-likeness (QED) is 0.338. The summed E-state index contributed by atoms with van der Waals surface area (Å²) in [4.78, 5) is 0. The first kappa shape index (κ1) is 24.4. The van der Waals surface area contributed by atoms with E-state index in [2.05, 4.69) is 8.37 Å². The zero-order chi connectivity index (χ0) is 20.5. The van der Waals surface area contributed by atoms with Gasteiger partial charge in [-0.25, -0.2) is 0 Å². The fraction of sp³-hybridized carbons (Fsp3) is 1.00. The molecule has 0 aromatic carbocycles. The second kappa shape index (κ2) is 7.19. The summed E-state index contributed by atoms with van der Waals surface area (Å²) < 4.78 is 124. The van der Waals surface area contributed by atoms with Crippen LogP contribution in [0.1, 0.15) is 34.1 Å². The Morgan fingerprint density at radius 1 is 0.640 bits per heavy atom. The summed E-state index contributed by atoms with van der Waals surface area (Å²) in [6.45, 7) is -0.317. The predicted octanol–water partition coefficient (Wildman–Crippen LogP) is 2.75. The minimum Gasteiger partial charge on any atom is -0.269 e. The molecule has 0 bridgehead atoms. The van der Waals surface area contributed by atoms with Crippen LogP contribution >= 0.6 is 0 Å². The van der Waals surface area contributed by atoms with Crippen LogP contribution < -0.4 is 0 Å². The minimum atomic E-state index is -5.12. The van der Waals surface area contributed by atoms with E-state index >= 15 is 0 Å². The third-order valence-electron chi connectivity index (χ3n) is 3.38. The molecule has 152 valence electrons. The van der Waals surface area contributed by atoms with Gasteiger partial charge in [0.1, 0.15) is 0 Å². The number of hydrogen-bond acceptors (Lipinski definition) is 6. The maximum absolute atomic E-state index is 12.6. The number of rotatable bonds is 8. The summed E-state index contributed by atoms with van der Waals surface area (Å²) in [6.07, 6.45) is -10.8. The normalized spacial score (nSPS) is 15.4. The molecule has 0 radical (unpaired) electrons. The van der Waals surface area contributed by atoms with Gasteiger partial charge in [-0.3, -0.25) is 8.37 Å². The van der Waals surface area contributed by atoms with Crippen molar-refractivity contribution in [3.8, 4) is 0 Å². The molecule has 0 aromatic rings. The molecule has 0 N–H and O–H groups in total. The van der Waals surface area contributed by atoms with E-state index in [1.807, 2.05) is 0 Å². The van der Waals surface area contributed by atoms with Gasteiger partial charge in [0, 0.05) is 0 Å². The topological polar surface area (TPSA) is 86.7 Å². The Kier molecular flexibility index (Phi) is 7.02. The maximum atomic E-state index is 12.6. The van der Waals surface area contributed by atoms with Gasteiger partial charge >= 0.3 is 12.4 Å². The number of hydrogen-bond donors (Lipinski definition) is 0. The summed E-state index contributed by atoms with van der Waals surface area (Å²) in [5, 5.41) is 0. The van der Waals surface area contributed by atoms with E-state index in [0.29, 0.717) is 27.7 Å². The molecule has 0 saturated carbocycles. The number of alkyl halides is 6. The summed E-state index contributed by atoms with van der Waals surface area (Å²) >= 11 is 0. The van der Waals surface area contributed by atoms with Crippen LogP contribution in [0.3, 0.4) is 0 Å². The van der Waals surface area contributed by atoms with Crippen LogP contribution in [0.5, 0.6) is 0 Å². The van der Waals surface area contributed by atoms with E-state index in [9.17, 15) is 43.2 Å². The van der Waals surface area contributed by atoms with E-state index in [4.69, 9.17) is 0 Å². The molecule has 25 heavy (non-hydrogen) atoms. The van der Waals surface area contributed by atoms with Crippen LogP contribution in [-0.4, -0.2) is 51.9 Å². The molecule has 0 amide bonds. The van der Waals surface area contributed by atoms with E-state index in [1.54, 1.807) is 0 Å². The lowest BCUT2D eigenvalue weighted by Crippen LogP contribution is -2.47. The molecule has 0 unspecified atom stereocenters. The summed E-state index contributed by atoms with van der Waals surface area (Å²) in [5.41, 5.74) is 0. The third-order valence-corrected chi connectivity index (χ3v) is 7.30. The first-order chi connectivity index (χ1) is 10.7. The van der Waals surface area contributed by atoms with Gasteiger partial charge in [-0.15, -0.1) is 0 Å². The fourth-order valence-corrected chi connectivity index (χ4v) is 2.81.